The molecule has 21 heavy (non-hydrogen) atoms. The van der Waals surface area contributed by atoms with Gasteiger partial charge in [0.15, 0.2) is 0 Å². The van der Waals surface area contributed by atoms with Gasteiger partial charge in [0.25, 0.3) is 0 Å². The van der Waals surface area contributed by atoms with Gasteiger partial charge in [0.05, 0.1) is 18.4 Å². The first kappa shape index (κ1) is 20.7. The molecular formula is C14H26F3O3P. The summed E-state index contributed by atoms with van der Waals surface area (Å²) in [5.74, 6) is 0. The molecule has 0 aromatic heterocycles. The predicted molar refractivity (Wildman–Crippen MR) is 78.6 cm³/mol. The van der Waals surface area contributed by atoms with Gasteiger partial charge in [-0.25, -0.2) is 0 Å². The van der Waals surface area contributed by atoms with E-state index < -0.39 is 37.7 Å². The quantitative estimate of drug-likeness (QED) is 0.422. The fourth-order valence-corrected chi connectivity index (χ4v) is 4.25. The van der Waals surface area contributed by atoms with Crippen LogP contribution in [0.5, 0.6) is 0 Å². The van der Waals surface area contributed by atoms with Crippen LogP contribution in [0.4, 0.5) is 13.2 Å². The molecule has 0 aliphatic rings. The van der Waals surface area contributed by atoms with Crippen molar-refractivity contribution in [2.75, 3.05) is 6.16 Å². The Hall–Kier alpha value is -0.320. The molecule has 0 saturated heterocycles. The Morgan fingerprint density at radius 2 is 1.52 bits per heavy atom. The van der Waals surface area contributed by atoms with Crippen molar-refractivity contribution in [2.45, 2.75) is 72.8 Å². The molecule has 0 aromatic rings. The molecule has 0 heterocycles. The number of allylic oxidation sites excluding steroid dienone is 2. The van der Waals surface area contributed by atoms with Gasteiger partial charge in [-0.15, -0.1) is 0 Å². The standard InChI is InChI=1S/C14H26F3O3P/c1-7-8-12(6)13(14(15,16)17)9-21(18,19-10(2)3)20-11(4)5/h10-11H,7-9H2,1-6H3/b13-12-. The third kappa shape index (κ3) is 8.03. The highest BCUT2D eigenvalue weighted by Crippen LogP contribution is 2.54. The normalized spacial score (nSPS) is 14.8. The van der Waals surface area contributed by atoms with Gasteiger partial charge in [-0.05, 0) is 41.0 Å². The largest absolute Gasteiger partial charge is 0.413 e. The summed E-state index contributed by atoms with van der Waals surface area (Å²) in [5, 5.41) is 0. The molecular weight excluding hydrogens is 304 g/mol. The summed E-state index contributed by atoms with van der Waals surface area (Å²) >= 11 is 0. The van der Waals surface area contributed by atoms with Gasteiger partial charge in [0, 0.05) is 5.57 Å². The van der Waals surface area contributed by atoms with E-state index >= 15 is 0 Å². The van der Waals surface area contributed by atoms with Gasteiger partial charge < -0.3 is 9.05 Å². The summed E-state index contributed by atoms with van der Waals surface area (Å²) in [4.78, 5) is 0. The van der Waals surface area contributed by atoms with Gasteiger partial charge in [-0.1, -0.05) is 18.9 Å². The third-order valence-electron chi connectivity index (χ3n) is 2.58. The predicted octanol–water partition coefficient (Wildman–Crippen LogP) is 5.71. The van der Waals surface area contributed by atoms with E-state index in [2.05, 4.69) is 0 Å². The summed E-state index contributed by atoms with van der Waals surface area (Å²) in [6.45, 7) is 9.69. The van der Waals surface area contributed by atoms with Gasteiger partial charge in [0.1, 0.15) is 0 Å². The molecule has 126 valence electrons. The lowest BCUT2D eigenvalue weighted by atomic mass is 10.1. The van der Waals surface area contributed by atoms with Crippen molar-refractivity contribution in [1.82, 2.24) is 0 Å². The van der Waals surface area contributed by atoms with Crippen LogP contribution >= 0.6 is 7.60 Å². The first-order valence-electron chi connectivity index (χ1n) is 7.13. The molecule has 0 atom stereocenters. The van der Waals surface area contributed by atoms with Crippen molar-refractivity contribution in [1.29, 1.82) is 0 Å². The lowest BCUT2D eigenvalue weighted by molar-refractivity contribution is -0.0925. The molecule has 0 amide bonds. The first-order valence-corrected chi connectivity index (χ1v) is 8.85. The fraction of sp³-hybridized carbons (Fsp3) is 0.857. The van der Waals surface area contributed by atoms with Crippen molar-refractivity contribution in [3.05, 3.63) is 11.1 Å². The van der Waals surface area contributed by atoms with Crippen molar-refractivity contribution in [3.63, 3.8) is 0 Å². The summed E-state index contributed by atoms with van der Waals surface area (Å²) in [7, 11) is -3.84. The summed E-state index contributed by atoms with van der Waals surface area (Å²) < 4.78 is 62.7. The van der Waals surface area contributed by atoms with Crippen LogP contribution in [0.25, 0.3) is 0 Å². The Morgan fingerprint density at radius 3 is 1.81 bits per heavy atom. The monoisotopic (exact) mass is 330 g/mol. The van der Waals surface area contributed by atoms with Crippen LogP contribution in [0, 0.1) is 0 Å². The van der Waals surface area contributed by atoms with E-state index in [1.807, 2.05) is 0 Å². The summed E-state index contributed by atoms with van der Waals surface area (Å²) in [5.41, 5.74) is -0.612. The second kappa shape index (κ2) is 8.35. The first-order chi connectivity index (χ1) is 9.41. The molecule has 0 aliphatic heterocycles. The molecule has 0 aromatic carbocycles. The number of hydrogen-bond acceptors (Lipinski definition) is 3. The topological polar surface area (TPSA) is 35.5 Å². The van der Waals surface area contributed by atoms with E-state index in [1.165, 1.54) is 6.92 Å². The minimum absolute atomic E-state index is 0.185. The van der Waals surface area contributed by atoms with Gasteiger partial charge in [-0.3, -0.25) is 4.57 Å². The molecule has 7 heteroatoms. The second-order valence-corrected chi connectivity index (χ2v) is 7.54. The van der Waals surface area contributed by atoms with Crippen LogP contribution in [0.2, 0.25) is 0 Å². The minimum Gasteiger partial charge on any atom is -0.306 e. The SMILES string of the molecule is CCC/C(C)=C(/CP(=O)(OC(C)C)OC(C)C)C(F)(F)F. The highest BCUT2D eigenvalue weighted by Gasteiger charge is 2.41. The van der Waals surface area contributed by atoms with Crippen molar-refractivity contribution in [3.8, 4) is 0 Å². The summed E-state index contributed by atoms with van der Waals surface area (Å²) in [6.07, 6.45) is -5.33. The Morgan fingerprint density at radius 1 is 1.10 bits per heavy atom. The molecule has 0 unspecified atom stereocenters. The number of alkyl halides is 3. The van der Waals surface area contributed by atoms with Gasteiger partial charge in [0.2, 0.25) is 0 Å². The van der Waals surface area contributed by atoms with Crippen LogP contribution in [0.1, 0.15) is 54.4 Å². The van der Waals surface area contributed by atoms with Gasteiger partial charge >= 0.3 is 13.8 Å². The molecule has 3 nitrogen and oxygen atoms in total. The highest BCUT2D eigenvalue weighted by molar-refractivity contribution is 7.54. The molecule has 0 fully saturated rings. The van der Waals surface area contributed by atoms with E-state index in [9.17, 15) is 17.7 Å². The summed E-state index contributed by atoms with van der Waals surface area (Å²) in [6, 6.07) is 0. The molecule has 0 rings (SSSR count). The van der Waals surface area contributed by atoms with Crippen molar-refractivity contribution in [2.24, 2.45) is 0 Å². The zero-order valence-corrected chi connectivity index (χ0v) is 14.5. The third-order valence-corrected chi connectivity index (χ3v) is 4.77. The Labute approximate surface area is 125 Å². The molecule has 0 aliphatic carbocycles. The lowest BCUT2D eigenvalue weighted by Gasteiger charge is -2.25. The van der Waals surface area contributed by atoms with Gasteiger partial charge in [-0.2, -0.15) is 13.2 Å². The van der Waals surface area contributed by atoms with Crippen LogP contribution < -0.4 is 0 Å². The second-order valence-electron chi connectivity index (χ2n) is 5.58. The molecule has 0 spiro atoms. The average molecular weight is 330 g/mol. The molecule has 0 radical (unpaired) electrons. The Bertz CT molecular complexity index is 387. The van der Waals surface area contributed by atoms with E-state index in [0.717, 1.165) is 0 Å². The van der Waals surface area contributed by atoms with E-state index in [-0.39, 0.29) is 5.57 Å². The molecule has 0 N–H and O–H groups in total. The lowest BCUT2D eigenvalue weighted by Crippen LogP contribution is -2.20. The highest BCUT2D eigenvalue weighted by atomic mass is 31.2. The zero-order chi connectivity index (χ0) is 16.8. The maximum Gasteiger partial charge on any atom is 0.413 e. The van der Waals surface area contributed by atoms with Crippen LogP contribution in [-0.4, -0.2) is 24.5 Å². The maximum atomic E-state index is 13.2. The number of halogens is 3. The average Bonchev–Trinajstić information content (AvgIpc) is 2.22. The van der Waals surface area contributed by atoms with E-state index in [0.29, 0.717) is 12.8 Å². The minimum atomic E-state index is -4.53. The Kier molecular flexibility index (Phi) is 8.22. The van der Waals surface area contributed by atoms with Crippen LogP contribution in [0.15, 0.2) is 11.1 Å². The van der Waals surface area contributed by atoms with Crippen LogP contribution in [0.3, 0.4) is 0 Å². The van der Waals surface area contributed by atoms with E-state index in [1.54, 1.807) is 34.6 Å². The number of rotatable bonds is 8. The molecule has 0 saturated carbocycles. The Balaban J connectivity index is 5.52. The fourth-order valence-electron chi connectivity index (χ4n) is 1.93. The van der Waals surface area contributed by atoms with Crippen molar-refractivity contribution < 1.29 is 26.8 Å². The van der Waals surface area contributed by atoms with Crippen molar-refractivity contribution >= 4 is 7.60 Å². The molecule has 0 bridgehead atoms. The van der Waals surface area contributed by atoms with Crippen LogP contribution in [-0.2, 0) is 13.6 Å². The smallest absolute Gasteiger partial charge is 0.306 e. The zero-order valence-electron chi connectivity index (χ0n) is 13.6. The van der Waals surface area contributed by atoms with E-state index in [4.69, 9.17) is 9.05 Å². The maximum absolute atomic E-state index is 13.2. The number of hydrogen-bond donors (Lipinski definition) is 0.